The van der Waals surface area contributed by atoms with E-state index in [1.165, 1.54) is 31.2 Å². The van der Waals surface area contributed by atoms with Crippen molar-refractivity contribution in [2.24, 2.45) is 0 Å². The molecular weight excluding hydrogens is 210 g/mol. The smallest absolute Gasteiger partial charge is 0.0883 e. The van der Waals surface area contributed by atoms with E-state index < -0.39 is 0 Å². The molecule has 0 bridgehead atoms. The second-order valence-corrected chi connectivity index (χ2v) is 4.33. The summed E-state index contributed by atoms with van der Waals surface area (Å²) in [6.07, 6.45) is 9.98. The number of hydrogen-bond acceptors (Lipinski definition) is 2. The maximum absolute atomic E-state index is 4.36. The van der Waals surface area contributed by atoms with Crippen LogP contribution in [0, 0.1) is 0 Å². The van der Waals surface area contributed by atoms with Gasteiger partial charge in [0, 0.05) is 12.4 Å². The molecule has 0 saturated carbocycles. The van der Waals surface area contributed by atoms with Crippen molar-refractivity contribution < 1.29 is 0 Å². The fraction of sp³-hybridized carbons (Fsp3) is 0.429. The van der Waals surface area contributed by atoms with Crippen LogP contribution in [0.15, 0.2) is 30.6 Å². The number of rotatable bonds is 6. The van der Waals surface area contributed by atoms with Gasteiger partial charge in [0.25, 0.3) is 0 Å². The molecule has 0 aliphatic rings. The normalized spacial score (nSPS) is 10.6. The molecule has 0 aliphatic carbocycles. The lowest BCUT2D eigenvalue weighted by atomic mass is 10.1. The third kappa shape index (κ3) is 3.41. The number of pyridine rings is 1. The molecule has 2 aromatic rings. The Morgan fingerprint density at radius 3 is 2.82 bits per heavy atom. The molecule has 0 saturated heterocycles. The quantitative estimate of drug-likeness (QED) is 0.769. The maximum Gasteiger partial charge on any atom is 0.0883 e. The van der Waals surface area contributed by atoms with E-state index in [4.69, 9.17) is 0 Å². The molecule has 17 heavy (non-hydrogen) atoms. The Hall–Kier alpha value is -1.64. The lowest BCUT2D eigenvalue weighted by Gasteiger charge is -2.03. The topological polar surface area (TPSA) is 41.6 Å². The Labute approximate surface area is 102 Å². The number of nitrogens with zero attached hydrogens (tertiary/aromatic N) is 2. The standard InChI is InChI=1S/C14H19N3/c1-2-3-4-5-6-12-7-9-15-14(11-12)13-8-10-16-17-13/h7-11H,2-6H2,1H3,(H,16,17). The van der Waals surface area contributed by atoms with Gasteiger partial charge in [-0.25, -0.2) is 0 Å². The van der Waals surface area contributed by atoms with Crippen LogP contribution in [0.25, 0.3) is 11.4 Å². The first-order chi connectivity index (χ1) is 8.40. The fourth-order valence-corrected chi connectivity index (χ4v) is 1.93. The Morgan fingerprint density at radius 1 is 1.12 bits per heavy atom. The number of H-pyrrole nitrogens is 1. The highest BCUT2D eigenvalue weighted by molar-refractivity contribution is 5.53. The molecule has 0 amide bonds. The molecule has 0 fully saturated rings. The Bertz CT molecular complexity index is 434. The molecule has 0 unspecified atom stereocenters. The molecule has 0 aliphatic heterocycles. The first-order valence-corrected chi connectivity index (χ1v) is 6.35. The molecule has 2 rings (SSSR count). The number of hydrogen-bond donors (Lipinski definition) is 1. The number of aryl methyl sites for hydroxylation is 1. The van der Waals surface area contributed by atoms with Crippen LogP contribution in [0.1, 0.15) is 38.2 Å². The summed E-state index contributed by atoms with van der Waals surface area (Å²) in [4.78, 5) is 4.36. The van der Waals surface area contributed by atoms with Crippen molar-refractivity contribution in [3.63, 3.8) is 0 Å². The molecule has 0 radical (unpaired) electrons. The molecule has 1 N–H and O–H groups in total. The lowest BCUT2D eigenvalue weighted by Crippen LogP contribution is -1.90. The SMILES string of the molecule is CCCCCCc1ccnc(-c2ccn[nH]2)c1. The minimum absolute atomic E-state index is 0.982. The zero-order chi connectivity index (χ0) is 11.9. The average molecular weight is 229 g/mol. The summed E-state index contributed by atoms with van der Waals surface area (Å²) in [6, 6.07) is 6.20. The first-order valence-electron chi connectivity index (χ1n) is 6.35. The Morgan fingerprint density at radius 2 is 2.06 bits per heavy atom. The molecule has 3 heteroatoms. The van der Waals surface area contributed by atoms with Gasteiger partial charge in [0.15, 0.2) is 0 Å². The average Bonchev–Trinajstić information content (AvgIpc) is 2.89. The van der Waals surface area contributed by atoms with E-state index in [-0.39, 0.29) is 0 Å². The first kappa shape index (κ1) is 11.8. The molecule has 0 atom stereocenters. The molecule has 2 heterocycles. The van der Waals surface area contributed by atoms with Crippen molar-refractivity contribution in [1.82, 2.24) is 15.2 Å². The van der Waals surface area contributed by atoms with Crippen LogP contribution in [0.4, 0.5) is 0 Å². The van der Waals surface area contributed by atoms with Crippen LogP contribution >= 0.6 is 0 Å². The zero-order valence-corrected chi connectivity index (χ0v) is 10.3. The monoisotopic (exact) mass is 229 g/mol. The van der Waals surface area contributed by atoms with Crippen molar-refractivity contribution in [1.29, 1.82) is 0 Å². The van der Waals surface area contributed by atoms with Gasteiger partial charge in [-0.05, 0) is 36.6 Å². The van der Waals surface area contributed by atoms with Crippen molar-refractivity contribution in [3.8, 4) is 11.4 Å². The van der Waals surface area contributed by atoms with Crippen LogP contribution in [0.2, 0.25) is 0 Å². The Balaban J connectivity index is 1.97. The van der Waals surface area contributed by atoms with Gasteiger partial charge in [-0.1, -0.05) is 26.2 Å². The second kappa shape index (κ2) is 6.18. The minimum atomic E-state index is 0.982. The van der Waals surface area contributed by atoms with Gasteiger partial charge in [-0.2, -0.15) is 5.10 Å². The third-order valence-electron chi connectivity index (χ3n) is 2.92. The number of aromatic nitrogens is 3. The number of unbranched alkanes of at least 4 members (excludes halogenated alkanes) is 3. The predicted octanol–water partition coefficient (Wildman–Crippen LogP) is 3.59. The summed E-state index contributed by atoms with van der Waals surface area (Å²) in [7, 11) is 0. The van der Waals surface area contributed by atoms with Gasteiger partial charge in [0.05, 0.1) is 11.4 Å². The molecule has 2 aromatic heterocycles. The van der Waals surface area contributed by atoms with E-state index in [2.05, 4.69) is 34.2 Å². The van der Waals surface area contributed by atoms with Crippen molar-refractivity contribution >= 4 is 0 Å². The molecule has 0 spiro atoms. The highest BCUT2D eigenvalue weighted by atomic mass is 15.1. The largest absolute Gasteiger partial charge is 0.276 e. The fourth-order valence-electron chi connectivity index (χ4n) is 1.93. The summed E-state index contributed by atoms with van der Waals surface area (Å²) in [5, 5.41) is 6.89. The second-order valence-electron chi connectivity index (χ2n) is 4.33. The van der Waals surface area contributed by atoms with Gasteiger partial charge in [0.2, 0.25) is 0 Å². The van der Waals surface area contributed by atoms with Crippen molar-refractivity contribution in [3.05, 3.63) is 36.2 Å². The van der Waals surface area contributed by atoms with E-state index in [0.29, 0.717) is 0 Å². The van der Waals surface area contributed by atoms with E-state index >= 15 is 0 Å². The van der Waals surface area contributed by atoms with E-state index in [1.54, 1.807) is 6.20 Å². The highest BCUT2D eigenvalue weighted by Crippen LogP contribution is 2.16. The molecular formula is C14H19N3. The molecule has 0 aromatic carbocycles. The number of nitrogens with one attached hydrogen (secondary N) is 1. The van der Waals surface area contributed by atoms with Gasteiger partial charge < -0.3 is 0 Å². The number of aromatic amines is 1. The van der Waals surface area contributed by atoms with Crippen LogP contribution < -0.4 is 0 Å². The third-order valence-corrected chi connectivity index (χ3v) is 2.92. The van der Waals surface area contributed by atoms with E-state index in [9.17, 15) is 0 Å². The predicted molar refractivity (Wildman–Crippen MR) is 69.7 cm³/mol. The van der Waals surface area contributed by atoms with Gasteiger partial charge in [0.1, 0.15) is 0 Å². The zero-order valence-electron chi connectivity index (χ0n) is 10.3. The van der Waals surface area contributed by atoms with Crippen LogP contribution in [-0.4, -0.2) is 15.2 Å². The lowest BCUT2D eigenvalue weighted by molar-refractivity contribution is 0.666. The van der Waals surface area contributed by atoms with Crippen LogP contribution in [0.3, 0.4) is 0 Å². The molecule has 3 nitrogen and oxygen atoms in total. The summed E-state index contributed by atoms with van der Waals surface area (Å²) in [5.74, 6) is 0. The van der Waals surface area contributed by atoms with E-state index in [1.807, 2.05) is 12.3 Å². The van der Waals surface area contributed by atoms with Crippen molar-refractivity contribution in [2.75, 3.05) is 0 Å². The molecule has 90 valence electrons. The summed E-state index contributed by atoms with van der Waals surface area (Å²) >= 11 is 0. The van der Waals surface area contributed by atoms with E-state index in [0.717, 1.165) is 17.8 Å². The summed E-state index contributed by atoms with van der Waals surface area (Å²) in [5.41, 5.74) is 3.33. The summed E-state index contributed by atoms with van der Waals surface area (Å²) < 4.78 is 0. The van der Waals surface area contributed by atoms with Gasteiger partial charge in [-0.15, -0.1) is 0 Å². The van der Waals surface area contributed by atoms with Crippen molar-refractivity contribution in [2.45, 2.75) is 39.0 Å². The van der Waals surface area contributed by atoms with Crippen LogP contribution in [0.5, 0.6) is 0 Å². The Kier molecular flexibility index (Phi) is 4.30. The maximum atomic E-state index is 4.36. The highest BCUT2D eigenvalue weighted by Gasteiger charge is 2.01. The van der Waals surface area contributed by atoms with Gasteiger partial charge >= 0.3 is 0 Å². The van der Waals surface area contributed by atoms with Gasteiger partial charge in [-0.3, -0.25) is 10.1 Å². The summed E-state index contributed by atoms with van der Waals surface area (Å²) in [6.45, 7) is 2.24. The van der Waals surface area contributed by atoms with Crippen LogP contribution in [-0.2, 0) is 6.42 Å². The minimum Gasteiger partial charge on any atom is -0.276 e.